The third-order valence-corrected chi connectivity index (χ3v) is 6.19. The first kappa shape index (κ1) is 21.7. The highest BCUT2D eigenvalue weighted by atomic mass is 32.1. The molecular weight excluding hydrogens is 389 g/mol. The van der Waals surface area contributed by atoms with Crippen molar-refractivity contribution in [3.63, 3.8) is 0 Å². The van der Waals surface area contributed by atoms with Gasteiger partial charge in [0, 0.05) is 13.2 Å². The summed E-state index contributed by atoms with van der Waals surface area (Å²) in [5.41, 5.74) is 2.07. The molecule has 2 heterocycles. The van der Waals surface area contributed by atoms with Gasteiger partial charge >= 0.3 is 6.03 Å². The highest BCUT2D eigenvalue weighted by Gasteiger charge is 2.29. The van der Waals surface area contributed by atoms with Crippen molar-refractivity contribution in [2.24, 2.45) is 0 Å². The first-order valence-electron chi connectivity index (χ1n) is 10.3. The molecule has 1 saturated heterocycles. The molecule has 0 bridgehead atoms. The van der Waals surface area contributed by atoms with E-state index in [1.807, 2.05) is 0 Å². The van der Waals surface area contributed by atoms with Crippen LogP contribution in [0.15, 0.2) is 41.1 Å². The number of hydrogen-bond donors (Lipinski definition) is 2. The summed E-state index contributed by atoms with van der Waals surface area (Å²) in [4.78, 5) is 15.1. The van der Waals surface area contributed by atoms with E-state index in [9.17, 15) is 9.18 Å². The second-order valence-corrected chi connectivity index (χ2v) is 8.01. The van der Waals surface area contributed by atoms with E-state index < -0.39 is 0 Å². The highest BCUT2D eigenvalue weighted by molar-refractivity contribution is 7.07. The number of amides is 2. The Morgan fingerprint density at radius 2 is 2.00 bits per heavy atom. The van der Waals surface area contributed by atoms with E-state index in [0.29, 0.717) is 13.2 Å². The quantitative estimate of drug-likeness (QED) is 0.630. The highest BCUT2D eigenvalue weighted by Crippen LogP contribution is 2.27. The van der Waals surface area contributed by atoms with Crippen molar-refractivity contribution in [2.45, 2.75) is 44.9 Å². The maximum Gasteiger partial charge on any atom is 0.315 e. The van der Waals surface area contributed by atoms with Gasteiger partial charge in [0.2, 0.25) is 0 Å². The van der Waals surface area contributed by atoms with Crippen LogP contribution in [0, 0.1) is 5.82 Å². The average Bonchev–Trinajstić information content (AvgIpc) is 3.44. The molecule has 1 aliphatic heterocycles. The van der Waals surface area contributed by atoms with Gasteiger partial charge in [-0.2, -0.15) is 11.3 Å². The molecule has 0 radical (unpaired) electrons. The van der Waals surface area contributed by atoms with Crippen molar-refractivity contribution in [3.8, 4) is 0 Å². The van der Waals surface area contributed by atoms with Crippen LogP contribution in [0.5, 0.6) is 0 Å². The van der Waals surface area contributed by atoms with Gasteiger partial charge in [-0.1, -0.05) is 26.0 Å². The van der Waals surface area contributed by atoms with Gasteiger partial charge < -0.3 is 15.4 Å². The summed E-state index contributed by atoms with van der Waals surface area (Å²) in [5, 5.41) is 10.3. The average molecular weight is 420 g/mol. The number of nitrogens with one attached hydrogen (secondary N) is 2. The van der Waals surface area contributed by atoms with Crippen molar-refractivity contribution in [3.05, 3.63) is 58.0 Å². The van der Waals surface area contributed by atoms with E-state index in [2.05, 4.69) is 46.2 Å². The predicted molar refractivity (Wildman–Crippen MR) is 115 cm³/mol. The number of halogens is 1. The fourth-order valence-electron chi connectivity index (χ4n) is 3.89. The number of urea groups is 1. The number of carbonyl (C=O) groups is 1. The minimum atomic E-state index is -0.300. The van der Waals surface area contributed by atoms with E-state index in [1.54, 1.807) is 23.5 Å². The van der Waals surface area contributed by atoms with Gasteiger partial charge in [0.15, 0.2) is 0 Å². The van der Waals surface area contributed by atoms with Crippen LogP contribution < -0.4 is 10.6 Å². The standard InChI is InChI=1S/C22H30FN3O2S/c1-3-26(4-2)19(17-11-13-29-15-17)14-24-22(27)25-21(20-6-5-12-28-20)16-7-9-18(23)10-8-16/h7-11,13,15,19-21H,3-6,12,14H2,1-2H3,(H2,24,25,27). The summed E-state index contributed by atoms with van der Waals surface area (Å²) < 4.78 is 19.2. The van der Waals surface area contributed by atoms with Gasteiger partial charge in [0.1, 0.15) is 5.82 Å². The molecule has 0 aliphatic carbocycles. The largest absolute Gasteiger partial charge is 0.376 e. The molecule has 5 nitrogen and oxygen atoms in total. The summed E-state index contributed by atoms with van der Waals surface area (Å²) in [6.45, 7) is 7.29. The number of hydrogen-bond acceptors (Lipinski definition) is 4. The molecule has 2 N–H and O–H groups in total. The number of nitrogens with zero attached hydrogens (tertiary/aromatic N) is 1. The summed E-state index contributed by atoms with van der Waals surface area (Å²) in [6, 6.07) is 7.98. The molecular formula is C22H30FN3O2S. The van der Waals surface area contributed by atoms with Crippen LogP contribution in [0.1, 0.15) is 49.9 Å². The number of carbonyl (C=O) groups excluding carboxylic acids is 1. The van der Waals surface area contributed by atoms with Crippen LogP contribution in [-0.2, 0) is 4.74 Å². The van der Waals surface area contributed by atoms with E-state index in [0.717, 1.165) is 31.5 Å². The fourth-order valence-corrected chi connectivity index (χ4v) is 4.60. The minimum Gasteiger partial charge on any atom is -0.376 e. The third-order valence-electron chi connectivity index (χ3n) is 5.49. The molecule has 158 valence electrons. The summed E-state index contributed by atoms with van der Waals surface area (Å²) in [6.07, 6.45) is 1.74. The van der Waals surface area contributed by atoms with Gasteiger partial charge in [-0.15, -0.1) is 0 Å². The minimum absolute atomic E-state index is 0.0957. The Balaban J connectivity index is 1.66. The zero-order chi connectivity index (χ0) is 20.6. The first-order valence-corrected chi connectivity index (χ1v) is 11.2. The van der Waals surface area contributed by atoms with E-state index >= 15 is 0 Å². The van der Waals surface area contributed by atoms with Crippen molar-refractivity contribution in [1.29, 1.82) is 0 Å². The lowest BCUT2D eigenvalue weighted by Gasteiger charge is -2.30. The predicted octanol–water partition coefficient (Wildman–Crippen LogP) is 4.49. The molecule has 1 fully saturated rings. The maximum atomic E-state index is 13.3. The lowest BCUT2D eigenvalue weighted by molar-refractivity contribution is 0.0805. The van der Waals surface area contributed by atoms with Crippen LogP contribution in [-0.4, -0.2) is 43.3 Å². The van der Waals surface area contributed by atoms with Gasteiger partial charge in [0.05, 0.1) is 18.2 Å². The van der Waals surface area contributed by atoms with Gasteiger partial charge in [-0.3, -0.25) is 4.90 Å². The van der Waals surface area contributed by atoms with Gasteiger partial charge in [-0.25, -0.2) is 9.18 Å². The van der Waals surface area contributed by atoms with Crippen LogP contribution in [0.25, 0.3) is 0 Å². The molecule has 0 spiro atoms. The van der Waals surface area contributed by atoms with Crippen molar-refractivity contribution < 1.29 is 13.9 Å². The smallest absolute Gasteiger partial charge is 0.315 e. The Morgan fingerprint density at radius 1 is 1.24 bits per heavy atom. The molecule has 3 atom stereocenters. The Morgan fingerprint density at radius 3 is 2.59 bits per heavy atom. The van der Waals surface area contributed by atoms with Crippen molar-refractivity contribution in [2.75, 3.05) is 26.2 Å². The second kappa shape index (κ2) is 10.7. The topological polar surface area (TPSA) is 53.6 Å². The Bertz CT molecular complexity index is 744. The Kier molecular flexibility index (Phi) is 8.03. The fraction of sp³-hybridized carbons (Fsp3) is 0.500. The lowest BCUT2D eigenvalue weighted by Crippen LogP contribution is -2.45. The number of rotatable bonds is 9. The zero-order valence-electron chi connectivity index (χ0n) is 17.1. The van der Waals surface area contributed by atoms with Crippen LogP contribution in [0.3, 0.4) is 0 Å². The van der Waals surface area contributed by atoms with Crippen LogP contribution in [0.2, 0.25) is 0 Å². The Hall–Kier alpha value is -1.96. The molecule has 7 heteroatoms. The molecule has 3 unspecified atom stereocenters. The van der Waals surface area contributed by atoms with E-state index in [-0.39, 0.29) is 30.0 Å². The number of thiophene rings is 1. The second-order valence-electron chi connectivity index (χ2n) is 7.23. The van der Waals surface area contributed by atoms with Crippen molar-refractivity contribution >= 4 is 17.4 Å². The number of benzene rings is 1. The zero-order valence-corrected chi connectivity index (χ0v) is 17.9. The molecule has 0 saturated carbocycles. The SMILES string of the molecule is CCN(CC)C(CNC(=O)NC(c1ccc(F)cc1)C1CCCO1)c1ccsc1. The number of likely N-dealkylation sites (N-methyl/N-ethyl adjacent to an activating group) is 1. The molecule has 1 aliphatic rings. The molecule has 1 aromatic carbocycles. The molecule has 29 heavy (non-hydrogen) atoms. The summed E-state index contributed by atoms with van der Waals surface area (Å²) in [5.74, 6) is -0.290. The monoisotopic (exact) mass is 419 g/mol. The third kappa shape index (κ3) is 5.78. The normalized spacial score (nSPS) is 18.6. The Labute approximate surface area is 176 Å². The lowest BCUT2D eigenvalue weighted by atomic mass is 9.99. The van der Waals surface area contributed by atoms with Gasteiger partial charge in [-0.05, 0) is 66.0 Å². The van der Waals surface area contributed by atoms with Crippen LogP contribution >= 0.6 is 11.3 Å². The number of ether oxygens (including phenoxy) is 1. The molecule has 2 amide bonds. The summed E-state index contributed by atoms with van der Waals surface area (Å²) >= 11 is 1.66. The van der Waals surface area contributed by atoms with E-state index in [1.165, 1.54) is 17.7 Å². The van der Waals surface area contributed by atoms with Crippen molar-refractivity contribution in [1.82, 2.24) is 15.5 Å². The molecule has 3 rings (SSSR count). The first-order chi connectivity index (χ1) is 14.1. The molecule has 2 aromatic rings. The van der Waals surface area contributed by atoms with Gasteiger partial charge in [0.25, 0.3) is 0 Å². The van der Waals surface area contributed by atoms with Crippen LogP contribution in [0.4, 0.5) is 9.18 Å². The molecule has 1 aromatic heterocycles. The maximum absolute atomic E-state index is 13.3. The summed E-state index contributed by atoms with van der Waals surface area (Å²) in [7, 11) is 0. The van der Waals surface area contributed by atoms with E-state index in [4.69, 9.17) is 4.74 Å².